The molecule has 2 rings (SSSR count). The average molecular weight is 250 g/mol. The van der Waals surface area contributed by atoms with Crippen LogP contribution in [-0.2, 0) is 11.2 Å². The second-order valence-corrected chi connectivity index (χ2v) is 3.94. The van der Waals surface area contributed by atoms with Gasteiger partial charge in [-0.05, 0) is 19.1 Å². The summed E-state index contributed by atoms with van der Waals surface area (Å²) in [5.74, 6) is 0.161. The van der Waals surface area contributed by atoms with Gasteiger partial charge in [-0.1, -0.05) is 11.2 Å². The number of para-hydroxylation sites is 1. The Morgan fingerprint density at radius 2 is 2.17 bits per heavy atom. The van der Waals surface area contributed by atoms with Gasteiger partial charge in [-0.15, -0.1) is 0 Å². The molecule has 1 heterocycles. The predicted molar refractivity (Wildman–Crippen MR) is 63.2 cm³/mol. The molecule has 1 aromatic heterocycles. The number of methoxy groups -OCH3 is 1. The average Bonchev–Trinajstić information content (AvgIpc) is 2.80. The Bertz CT molecular complexity index is 539. The maximum absolute atomic E-state index is 9.69. The molecular weight excluding hydrogens is 236 g/mol. The van der Waals surface area contributed by atoms with Gasteiger partial charge in [0, 0.05) is 13.5 Å². The maximum atomic E-state index is 9.69. The molecule has 2 aromatic rings. The molecule has 0 amide bonds. The van der Waals surface area contributed by atoms with Gasteiger partial charge in [-0.2, -0.15) is 4.98 Å². The summed E-state index contributed by atoms with van der Waals surface area (Å²) < 4.78 is 10.1. The van der Waals surface area contributed by atoms with Crippen LogP contribution in [0.1, 0.15) is 12.7 Å². The lowest BCUT2D eigenvalue weighted by atomic mass is 10.2. The number of ether oxygens (including phenoxy) is 1. The molecule has 0 saturated heterocycles. The number of aromatic hydroxyl groups is 2. The van der Waals surface area contributed by atoms with Gasteiger partial charge in [0.25, 0.3) is 5.89 Å². The van der Waals surface area contributed by atoms with Crippen LogP contribution < -0.4 is 0 Å². The number of rotatable bonds is 4. The quantitative estimate of drug-likeness (QED) is 0.803. The molecule has 0 aliphatic rings. The molecule has 96 valence electrons. The Labute approximate surface area is 104 Å². The third-order valence-corrected chi connectivity index (χ3v) is 2.59. The summed E-state index contributed by atoms with van der Waals surface area (Å²) in [7, 11) is 1.60. The minimum absolute atomic E-state index is 0.0202. The lowest BCUT2D eigenvalue weighted by Crippen LogP contribution is -2.09. The van der Waals surface area contributed by atoms with Gasteiger partial charge in [0.2, 0.25) is 0 Å². The number of benzene rings is 1. The van der Waals surface area contributed by atoms with Gasteiger partial charge in [-0.3, -0.25) is 0 Å². The first kappa shape index (κ1) is 12.4. The van der Waals surface area contributed by atoms with E-state index in [2.05, 4.69) is 10.1 Å². The molecule has 0 spiro atoms. The van der Waals surface area contributed by atoms with Crippen molar-refractivity contribution in [2.24, 2.45) is 0 Å². The topological polar surface area (TPSA) is 88.6 Å². The highest BCUT2D eigenvalue weighted by Gasteiger charge is 2.16. The van der Waals surface area contributed by atoms with E-state index >= 15 is 0 Å². The molecule has 1 unspecified atom stereocenters. The van der Waals surface area contributed by atoms with E-state index in [-0.39, 0.29) is 23.5 Å². The molecule has 18 heavy (non-hydrogen) atoms. The zero-order chi connectivity index (χ0) is 13.1. The minimum atomic E-state index is -0.271. The fourth-order valence-electron chi connectivity index (χ4n) is 1.49. The van der Waals surface area contributed by atoms with Gasteiger partial charge in [-0.25, -0.2) is 0 Å². The number of phenols is 2. The number of nitrogens with zero attached hydrogens (tertiary/aromatic N) is 2. The van der Waals surface area contributed by atoms with Crippen LogP contribution in [-0.4, -0.2) is 33.6 Å². The third-order valence-electron chi connectivity index (χ3n) is 2.59. The molecule has 0 fully saturated rings. The largest absolute Gasteiger partial charge is 0.504 e. The van der Waals surface area contributed by atoms with E-state index < -0.39 is 0 Å². The highest BCUT2D eigenvalue weighted by Crippen LogP contribution is 2.35. The Hall–Kier alpha value is -2.08. The molecular formula is C12H14N2O4. The smallest absolute Gasteiger partial charge is 0.261 e. The predicted octanol–water partition coefficient (Wildman–Crippen LogP) is 1.73. The molecule has 0 bridgehead atoms. The third kappa shape index (κ3) is 2.43. The summed E-state index contributed by atoms with van der Waals surface area (Å²) in [6.45, 7) is 1.89. The molecule has 6 nitrogen and oxygen atoms in total. The monoisotopic (exact) mass is 250 g/mol. The zero-order valence-electron chi connectivity index (χ0n) is 10.1. The molecule has 1 aromatic carbocycles. The molecule has 2 N–H and O–H groups in total. The van der Waals surface area contributed by atoms with Crippen molar-refractivity contribution in [1.82, 2.24) is 10.1 Å². The van der Waals surface area contributed by atoms with Crippen molar-refractivity contribution < 1.29 is 19.5 Å². The van der Waals surface area contributed by atoms with Crippen molar-refractivity contribution in [3.8, 4) is 23.0 Å². The molecule has 1 atom stereocenters. The van der Waals surface area contributed by atoms with E-state index in [9.17, 15) is 10.2 Å². The molecule has 0 aliphatic heterocycles. The van der Waals surface area contributed by atoms with Crippen molar-refractivity contribution in [3.05, 3.63) is 24.0 Å². The van der Waals surface area contributed by atoms with Gasteiger partial charge in [0.1, 0.15) is 0 Å². The molecule has 6 heteroatoms. The van der Waals surface area contributed by atoms with Crippen molar-refractivity contribution in [2.45, 2.75) is 19.4 Å². The summed E-state index contributed by atoms with van der Waals surface area (Å²) in [6.07, 6.45) is 0.493. The van der Waals surface area contributed by atoms with Crippen LogP contribution in [0.4, 0.5) is 0 Å². The van der Waals surface area contributed by atoms with Crippen molar-refractivity contribution in [1.29, 1.82) is 0 Å². The second kappa shape index (κ2) is 5.05. The van der Waals surface area contributed by atoms with Gasteiger partial charge in [0.15, 0.2) is 17.3 Å². The van der Waals surface area contributed by atoms with E-state index in [1.54, 1.807) is 19.2 Å². The molecule has 0 radical (unpaired) electrons. The normalized spacial score (nSPS) is 12.6. The standard InChI is InChI=1S/C12H14N2O4/c1-7(17-2)6-10-13-12(18-14-10)8-4-3-5-9(15)11(8)16/h3-5,7,15-16H,6H2,1-2H3. The number of hydrogen-bond acceptors (Lipinski definition) is 6. The van der Waals surface area contributed by atoms with Crippen molar-refractivity contribution in [2.75, 3.05) is 7.11 Å². The van der Waals surface area contributed by atoms with Crippen LogP contribution in [0, 0.1) is 0 Å². The number of phenolic OH excluding ortho intramolecular Hbond substituents is 2. The maximum Gasteiger partial charge on any atom is 0.261 e. The fraction of sp³-hybridized carbons (Fsp3) is 0.333. The van der Waals surface area contributed by atoms with Crippen LogP contribution in [0.3, 0.4) is 0 Å². The highest BCUT2D eigenvalue weighted by molar-refractivity contribution is 5.66. The first-order valence-corrected chi connectivity index (χ1v) is 5.48. The second-order valence-electron chi connectivity index (χ2n) is 3.94. The van der Waals surface area contributed by atoms with Gasteiger partial charge in [0.05, 0.1) is 11.7 Å². The Morgan fingerprint density at radius 1 is 1.39 bits per heavy atom. The number of aromatic nitrogens is 2. The highest BCUT2D eigenvalue weighted by atomic mass is 16.5. The lowest BCUT2D eigenvalue weighted by molar-refractivity contribution is 0.116. The fourth-order valence-corrected chi connectivity index (χ4v) is 1.49. The van der Waals surface area contributed by atoms with Crippen LogP contribution in [0.15, 0.2) is 22.7 Å². The van der Waals surface area contributed by atoms with Gasteiger partial charge < -0.3 is 19.5 Å². The van der Waals surface area contributed by atoms with Crippen LogP contribution >= 0.6 is 0 Å². The first-order chi connectivity index (χ1) is 8.61. The summed E-state index contributed by atoms with van der Waals surface area (Å²) in [4.78, 5) is 4.14. The SMILES string of the molecule is COC(C)Cc1noc(-c2cccc(O)c2O)n1. The Kier molecular flexibility index (Phi) is 3.47. The summed E-state index contributed by atoms with van der Waals surface area (Å²) in [5.41, 5.74) is 0.304. The Balaban J connectivity index is 2.27. The van der Waals surface area contributed by atoms with E-state index in [0.29, 0.717) is 17.8 Å². The minimum Gasteiger partial charge on any atom is -0.504 e. The number of hydrogen-bond donors (Lipinski definition) is 2. The summed E-state index contributed by atoms with van der Waals surface area (Å²) >= 11 is 0. The van der Waals surface area contributed by atoms with Crippen LogP contribution in [0.5, 0.6) is 11.5 Å². The first-order valence-electron chi connectivity index (χ1n) is 5.48. The summed E-state index contributed by atoms with van der Waals surface area (Å²) in [6, 6.07) is 4.56. The Morgan fingerprint density at radius 3 is 2.89 bits per heavy atom. The van der Waals surface area contributed by atoms with Crippen molar-refractivity contribution >= 4 is 0 Å². The summed E-state index contributed by atoms with van der Waals surface area (Å²) in [5, 5.41) is 22.9. The molecule has 0 saturated carbocycles. The zero-order valence-corrected chi connectivity index (χ0v) is 10.1. The van der Waals surface area contributed by atoms with E-state index in [4.69, 9.17) is 9.26 Å². The van der Waals surface area contributed by atoms with E-state index in [1.807, 2.05) is 6.92 Å². The van der Waals surface area contributed by atoms with Gasteiger partial charge >= 0.3 is 0 Å². The molecule has 0 aliphatic carbocycles. The van der Waals surface area contributed by atoms with Crippen LogP contribution in [0.25, 0.3) is 11.5 Å². The van der Waals surface area contributed by atoms with E-state index in [0.717, 1.165) is 0 Å². The van der Waals surface area contributed by atoms with E-state index in [1.165, 1.54) is 6.07 Å². The van der Waals surface area contributed by atoms with Crippen LogP contribution in [0.2, 0.25) is 0 Å². The lowest BCUT2D eigenvalue weighted by Gasteiger charge is -2.04. The van der Waals surface area contributed by atoms with Crippen molar-refractivity contribution in [3.63, 3.8) is 0 Å².